The zero-order valence-corrected chi connectivity index (χ0v) is 15.9. The van der Waals surface area contributed by atoms with E-state index in [0.29, 0.717) is 16.1 Å². The van der Waals surface area contributed by atoms with Crippen LogP contribution in [-0.4, -0.2) is 18.1 Å². The summed E-state index contributed by atoms with van der Waals surface area (Å²) in [6.07, 6.45) is 2.77. The lowest BCUT2D eigenvalue weighted by molar-refractivity contribution is 0.0600. The number of nitriles is 1. The number of ether oxygens (including phenoxy) is 1. The lowest BCUT2D eigenvalue weighted by atomic mass is 10.1. The van der Waals surface area contributed by atoms with Gasteiger partial charge in [-0.3, -0.25) is 0 Å². The van der Waals surface area contributed by atoms with Crippen molar-refractivity contribution in [1.29, 1.82) is 5.26 Å². The average molecular weight is 374 g/mol. The largest absolute Gasteiger partial charge is 0.465 e. The third-order valence-electron chi connectivity index (χ3n) is 4.16. The van der Waals surface area contributed by atoms with Crippen molar-refractivity contribution in [3.05, 3.63) is 75.6 Å². The summed E-state index contributed by atoms with van der Waals surface area (Å²) in [6, 6.07) is 17.4. The van der Waals surface area contributed by atoms with Crippen LogP contribution in [0.3, 0.4) is 0 Å². The number of esters is 1. The van der Waals surface area contributed by atoms with Crippen LogP contribution < -0.4 is 0 Å². The number of nitrogens with zero attached hydrogens (tertiary/aromatic N) is 2. The van der Waals surface area contributed by atoms with Gasteiger partial charge in [-0.2, -0.15) is 5.26 Å². The standard InChI is InChI=1S/C22H18N2O2S/c1-3-15-4-8-17(9-5-15)20-14-27-21(24-20)19(13-23)12-16-6-10-18(11-7-16)22(25)26-2/h4-12,14H,3H2,1-2H3/b19-12+. The van der Waals surface area contributed by atoms with E-state index in [4.69, 9.17) is 4.74 Å². The summed E-state index contributed by atoms with van der Waals surface area (Å²) < 4.78 is 4.69. The Kier molecular flexibility index (Phi) is 5.80. The molecule has 0 aliphatic carbocycles. The lowest BCUT2D eigenvalue weighted by Crippen LogP contribution is -2.00. The van der Waals surface area contributed by atoms with Gasteiger partial charge in [0.15, 0.2) is 0 Å². The smallest absolute Gasteiger partial charge is 0.337 e. The van der Waals surface area contributed by atoms with Crippen LogP contribution in [0, 0.1) is 11.3 Å². The maximum Gasteiger partial charge on any atom is 0.337 e. The fourth-order valence-corrected chi connectivity index (χ4v) is 3.38. The van der Waals surface area contributed by atoms with Crippen molar-refractivity contribution in [2.24, 2.45) is 0 Å². The van der Waals surface area contributed by atoms with E-state index in [1.165, 1.54) is 24.0 Å². The number of aryl methyl sites for hydroxylation is 1. The molecule has 0 saturated heterocycles. The number of rotatable bonds is 5. The molecule has 0 atom stereocenters. The van der Waals surface area contributed by atoms with Crippen molar-refractivity contribution in [1.82, 2.24) is 4.98 Å². The molecular weight excluding hydrogens is 356 g/mol. The minimum absolute atomic E-state index is 0.385. The Balaban J connectivity index is 1.85. The Bertz CT molecular complexity index is 1010. The molecular formula is C22H18N2O2S. The molecule has 0 bridgehead atoms. The van der Waals surface area contributed by atoms with Crippen LogP contribution in [0.2, 0.25) is 0 Å². The quantitative estimate of drug-likeness (QED) is 0.453. The summed E-state index contributed by atoms with van der Waals surface area (Å²) in [5, 5.41) is 12.2. The fourth-order valence-electron chi connectivity index (χ4n) is 2.58. The van der Waals surface area contributed by atoms with Gasteiger partial charge in [0.05, 0.1) is 23.9 Å². The predicted octanol–water partition coefficient (Wildman–Crippen LogP) is 5.22. The Morgan fingerprint density at radius 1 is 1.19 bits per heavy atom. The number of hydrogen-bond acceptors (Lipinski definition) is 5. The van der Waals surface area contributed by atoms with Gasteiger partial charge in [0, 0.05) is 10.9 Å². The van der Waals surface area contributed by atoms with Crippen molar-refractivity contribution in [3.63, 3.8) is 0 Å². The second-order valence-electron chi connectivity index (χ2n) is 5.87. The van der Waals surface area contributed by atoms with Gasteiger partial charge in [-0.05, 0) is 35.8 Å². The maximum atomic E-state index is 11.5. The first-order valence-electron chi connectivity index (χ1n) is 8.50. The third kappa shape index (κ3) is 4.30. The highest BCUT2D eigenvalue weighted by Crippen LogP contribution is 2.27. The molecule has 0 spiro atoms. The van der Waals surface area contributed by atoms with Gasteiger partial charge in [-0.1, -0.05) is 43.3 Å². The fraction of sp³-hybridized carbons (Fsp3) is 0.136. The van der Waals surface area contributed by atoms with Crippen LogP contribution in [0.4, 0.5) is 0 Å². The highest BCUT2D eigenvalue weighted by Gasteiger charge is 2.10. The molecule has 0 amide bonds. The Morgan fingerprint density at radius 3 is 2.48 bits per heavy atom. The van der Waals surface area contributed by atoms with Crippen molar-refractivity contribution >= 4 is 29.0 Å². The third-order valence-corrected chi connectivity index (χ3v) is 5.03. The van der Waals surface area contributed by atoms with Crippen molar-refractivity contribution in [3.8, 4) is 17.3 Å². The normalized spacial score (nSPS) is 11.1. The summed E-state index contributed by atoms with van der Waals surface area (Å²) in [5.41, 5.74) is 4.96. The Hall–Kier alpha value is -3.23. The van der Waals surface area contributed by atoms with Crippen LogP contribution >= 0.6 is 11.3 Å². The molecule has 3 rings (SSSR count). The second kappa shape index (κ2) is 8.43. The van der Waals surface area contributed by atoms with Crippen LogP contribution in [0.5, 0.6) is 0 Å². The number of carbonyl (C=O) groups is 1. The minimum Gasteiger partial charge on any atom is -0.465 e. The number of aromatic nitrogens is 1. The average Bonchev–Trinajstić information content (AvgIpc) is 3.22. The van der Waals surface area contributed by atoms with E-state index in [1.54, 1.807) is 30.3 Å². The Labute approximate surface area is 162 Å². The number of benzene rings is 2. The lowest BCUT2D eigenvalue weighted by Gasteiger charge is -2.00. The van der Waals surface area contributed by atoms with E-state index in [2.05, 4.69) is 42.2 Å². The highest BCUT2D eigenvalue weighted by molar-refractivity contribution is 7.11. The van der Waals surface area contributed by atoms with Gasteiger partial charge >= 0.3 is 5.97 Å². The summed E-state index contributed by atoms with van der Waals surface area (Å²) in [5.74, 6) is -0.385. The molecule has 0 N–H and O–H groups in total. The molecule has 0 fully saturated rings. The topological polar surface area (TPSA) is 63.0 Å². The molecule has 134 valence electrons. The molecule has 0 saturated carbocycles. The van der Waals surface area contributed by atoms with E-state index in [9.17, 15) is 10.1 Å². The van der Waals surface area contributed by atoms with Gasteiger partial charge in [0.2, 0.25) is 0 Å². The van der Waals surface area contributed by atoms with Gasteiger partial charge < -0.3 is 4.74 Å². The highest BCUT2D eigenvalue weighted by atomic mass is 32.1. The maximum absolute atomic E-state index is 11.5. The summed E-state index contributed by atoms with van der Waals surface area (Å²) in [7, 11) is 1.35. The van der Waals surface area contributed by atoms with Crippen LogP contribution in [-0.2, 0) is 11.2 Å². The molecule has 0 aliphatic heterocycles. The molecule has 3 aromatic rings. The van der Waals surface area contributed by atoms with Crippen molar-refractivity contribution < 1.29 is 9.53 Å². The van der Waals surface area contributed by atoms with Gasteiger partial charge in [-0.25, -0.2) is 9.78 Å². The van der Waals surface area contributed by atoms with Crippen LogP contribution in [0.1, 0.15) is 33.4 Å². The van der Waals surface area contributed by atoms with Crippen LogP contribution in [0.25, 0.3) is 22.9 Å². The van der Waals surface area contributed by atoms with E-state index in [1.807, 2.05) is 5.38 Å². The molecule has 0 radical (unpaired) electrons. The number of carbonyl (C=O) groups excluding carboxylic acids is 1. The first-order chi connectivity index (χ1) is 13.1. The number of methoxy groups -OCH3 is 1. The van der Waals surface area contributed by atoms with E-state index in [0.717, 1.165) is 23.2 Å². The van der Waals surface area contributed by atoms with Crippen molar-refractivity contribution in [2.45, 2.75) is 13.3 Å². The van der Waals surface area contributed by atoms with E-state index in [-0.39, 0.29) is 5.97 Å². The van der Waals surface area contributed by atoms with E-state index < -0.39 is 0 Å². The van der Waals surface area contributed by atoms with Gasteiger partial charge in [0.25, 0.3) is 0 Å². The summed E-state index contributed by atoms with van der Waals surface area (Å²) in [6.45, 7) is 2.12. The second-order valence-corrected chi connectivity index (χ2v) is 6.73. The molecule has 4 nitrogen and oxygen atoms in total. The predicted molar refractivity (Wildman–Crippen MR) is 108 cm³/mol. The number of hydrogen-bond donors (Lipinski definition) is 0. The first-order valence-corrected chi connectivity index (χ1v) is 9.38. The number of thiazole rings is 1. The minimum atomic E-state index is -0.385. The molecule has 5 heteroatoms. The number of allylic oxidation sites excluding steroid dienone is 1. The SMILES string of the molecule is CCc1ccc(-c2csc(/C(C#N)=C/c3ccc(C(=O)OC)cc3)n2)cc1. The molecule has 1 heterocycles. The molecule has 0 unspecified atom stereocenters. The Morgan fingerprint density at radius 2 is 1.89 bits per heavy atom. The zero-order valence-electron chi connectivity index (χ0n) is 15.1. The zero-order chi connectivity index (χ0) is 19.2. The van der Waals surface area contributed by atoms with Crippen molar-refractivity contribution in [2.75, 3.05) is 7.11 Å². The molecule has 2 aromatic carbocycles. The van der Waals surface area contributed by atoms with E-state index >= 15 is 0 Å². The van der Waals surface area contributed by atoms with Gasteiger partial charge in [-0.15, -0.1) is 11.3 Å². The summed E-state index contributed by atoms with van der Waals surface area (Å²) in [4.78, 5) is 16.1. The molecule has 1 aromatic heterocycles. The monoisotopic (exact) mass is 374 g/mol. The van der Waals surface area contributed by atoms with Crippen LogP contribution in [0.15, 0.2) is 53.9 Å². The molecule has 27 heavy (non-hydrogen) atoms. The van der Waals surface area contributed by atoms with Gasteiger partial charge in [0.1, 0.15) is 11.1 Å². The first kappa shape index (κ1) is 18.6. The molecule has 0 aliphatic rings. The summed E-state index contributed by atoms with van der Waals surface area (Å²) >= 11 is 1.44.